The smallest absolute Gasteiger partial charge is 0.366 e. The molecule has 1 aromatic rings. The maximum atomic E-state index is 12.9. The third kappa shape index (κ3) is 8.22. The number of nitrogens with one attached hydrogen (secondary N) is 2. The lowest BCUT2D eigenvalue weighted by Gasteiger charge is -2.36. The fraction of sp³-hybridized carbons (Fsp3) is 0.650. The van der Waals surface area contributed by atoms with Gasteiger partial charge in [0.1, 0.15) is 6.04 Å². The van der Waals surface area contributed by atoms with E-state index in [0.717, 1.165) is 5.56 Å². The van der Waals surface area contributed by atoms with Gasteiger partial charge in [-0.3, -0.25) is 4.79 Å². The Balaban J connectivity index is 2.74. The fourth-order valence-corrected chi connectivity index (χ4v) is 4.42. The van der Waals surface area contributed by atoms with Crippen LogP contribution >= 0.6 is 7.67 Å². The van der Waals surface area contributed by atoms with E-state index >= 15 is 0 Å². The molecule has 2 atom stereocenters. The molecule has 0 heterocycles. The molecule has 0 fully saturated rings. The number of ether oxygens (including phenoxy) is 1. The lowest BCUT2D eigenvalue weighted by molar-refractivity contribution is -0.149. The molecule has 2 N–H and O–H groups in total. The van der Waals surface area contributed by atoms with Gasteiger partial charge in [-0.25, -0.2) is 9.65 Å². The minimum Gasteiger partial charge on any atom is -0.462 e. The average Bonchev–Trinajstić information content (AvgIpc) is 2.59. The number of carbonyl (C=O) groups excluding carboxylic acids is 1. The highest BCUT2D eigenvalue weighted by Gasteiger charge is 2.37. The highest BCUT2D eigenvalue weighted by atomic mass is 31.2. The monoisotopic (exact) mass is 444 g/mol. The van der Waals surface area contributed by atoms with Gasteiger partial charge in [-0.05, 0) is 56.6 Å². The van der Waals surface area contributed by atoms with Crippen LogP contribution in [-0.2, 0) is 29.7 Å². The molecule has 0 aliphatic heterocycles. The number of hydrogen-bond acceptors (Lipinski definition) is 5. The predicted molar refractivity (Wildman–Crippen MR) is 120 cm³/mol. The molecule has 29 heavy (non-hydrogen) atoms. The number of esters is 1. The Morgan fingerprint density at radius 1 is 1.14 bits per heavy atom. The third-order valence-electron chi connectivity index (χ3n) is 4.96. The van der Waals surface area contributed by atoms with Crippen LogP contribution in [-0.4, -0.2) is 33.5 Å². The lowest BCUT2D eigenvalue weighted by atomic mass is 10.2. The molecule has 0 aliphatic rings. The number of carbonyl (C=O) groups is 1. The zero-order valence-corrected chi connectivity index (χ0v) is 21.1. The van der Waals surface area contributed by atoms with E-state index in [9.17, 15) is 9.36 Å². The number of anilines is 1. The summed E-state index contributed by atoms with van der Waals surface area (Å²) in [6.45, 7) is 16.7. The van der Waals surface area contributed by atoms with Crippen molar-refractivity contribution in [3.05, 3.63) is 29.8 Å². The summed E-state index contributed by atoms with van der Waals surface area (Å²) in [6, 6.07) is 6.69. The van der Waals surface area contributed by atoms with Gasteiger partial charge in [0.2, 0.25) is 0 Å². The van der Waals surface area contributed by atoms with Gasteiger partial charge in [0.15, 0.2) is 8.32 Å². The molecule has 0 saturated carbocycles. The van der Waals surface area contributed by atoms with E-state index in [4.69, 9.17) is 13.7 Å². The van der Waals surface area contributed by atoms with E-state index in [-0.39, 0.29) is 11.1 Å². The molecule has 0 spiro atoms. The van der Waals surface area contributed by atoms with Crippen molar-refractivity contribution in [3.63, 3.8) is 0 Å². The lowest BCUT2D eigenvalue weighted by Crippen LogP contribution is -2.40. The second-order valence-electron chi connectivity index (χ2n) is 8.93. The molecule has 0 radical (unpaired) electrons. The summed E-state index contributed by atoms with van der Waals surface area (Å²) in [7, 11) is -3.98. The second kappa shape index (κ2) is 10.2. The van der Waals surface area contributed by atoms with Crippen molar-refractivity contribution < 1.29 is 23.0 Å². The summed E-state index contributed by atoms with van der Waals surface area (Å²) in [4.78, 5) is 12.0. The Bertz CT molecular complexity index is 717. The van der Waals surface area contributed by atoms with Crippen molar-refractivity contribution in [3.8, 4) is 0 Å². The first-order valence-corrected chi connectivity index (χ1v) is 14.4. The Hall–Kier alpha value is -1.18. The zero-order valence-electron chi connectivity index (χ0n) is 19.2. The Kier molecular flexibility index (Phi) is 9.11. The number of hydrogen-bond donors (Lipinski definition) is 2. The largest absolute Gasteiger partial charge is 0.462 e. The van der Waals surface area contributed by atoms with Crippen molar-refractivity contribution in [1.82, 2.24) is 5.09 Å². The van der Waals surface area contributed by atoms with E-state index < -0.39 is 28.0 Å². The minimum absolute atomic E-state index is 0.151. The predicted octanol–water partition coefficient (Wildman–Crippen LogP) is 5.30. The van der Waals surface area contributed by atoms with Crippen LogP contribution in [0.25, 0.3) is 0 Å². The fourth-order valence-electron chi connectivity index (χ4n) is 2.10. The summed E-state index contributed by atoms with van der Waals surface area (Å²) in [5, 5.41) is 5.70. The first-order chi connectivity index (χ1) is 13.2. The van der Waals surface area contributed by atoms with Gasteiger partial charge in [-0.1, -0.05) is 32.9 Å². The highest BCUT2D eigenvalue weighted by Crippen LogP contribution is 2.42. The number of benzene rings is 1. The van der Waals surface area contributed by atoms with Gasteiger partial charge >= 0.3 is 13.6 Å². The molecule has 9 heteroatoms. The highest BCUT2D eigenvalue weighted by molar-refractivity contribution is 7.58. The first-order valence-electron chi connectivity index (χ1n) is 9.84. The standard InChI is InChI=1S/C20H37N2O5PSi/c1-15(2)27-19(23)16(3)21-28(24,25-7)22-18-12-10-17(11-13-18)14-26-29(8,9)20(4,5)6/h10-13,15-16H,14H2,1-9H3,(H2,21,22,24)/t16-,28?/m0/s1. The van der Waals surface area contributed by atoms with Crippen LogP contribution in [0.2, 0.25) is 18.1 Å². The summed E-state index contributed by atoms with van der Waals surface area (Å²) < 4.78 is 29.4. The third-order valence-corrected chi connectivity index (χ3v) is 11.2. The van der Waals surface area contributed by atoms with Crippen molar-refractivity contribution >= 4 is 27.6 Å². The summed E-state index contributed by atoms with van der Waals surface area (Å²) in [6.07, 6.45) is -0.247. The van der Waals surface area contributed by atoms with E-state index in [0.29, 0.717) is 12.3 Å². The van der Waals surface area contributed by atoms with Crippen LogP contribution in [0.4, 0.5) is 5.69 Å². The van der Waals surface area contributed by atoms with E-state index in [1.807, 2.05) is 24.3 Å². The first kappa shape index (κ1) is 25.9. The zero-order chi connectivity index (χ0) is 22.5. The van der Waals surface area contributed by atoms with Crippen LogP contribution in [0.15, 0.2) is 24.3 Å². The SMILES string of the molecule is COP(=O)(Nc1ccc(CO[Si](C)(C)C(C)(C)C)cc1)N[C@@H](C)C(=O)OC(C)C. The molecule has 0 amide bonds. The Labute approximate surface area is 176 Å². The summed E-state index contributed by atoms with van der Waals surface area (Å²) in [5.74, 6) is -0.489. The van der Waals surface area contributed by atoms with E-state index in [2.05, 4.69) is 44.0 Å². The van der Waals surface area contributed by atoms with Crippen molar-refractivity contribution in [2.75, 3.05) is 12.2 Å². The van der Waals surface area contributed by atoms with Crippen LogP contribution in [0.3, 0.4) is 0 Å². The van der Waals surface area contributed by atoms with Gasteiger partial charge in [-0.15, -0.1) is 0 Å². The normalized spacial score (nSPS) is 15.7. The molecular weight excluding hydrogens is 407 g/mol. The number of rotatable bonds is 10. The Morgan fingerprint density at radius 3 is 2.14 bits per heavy atom. The molecule has 0 aliphatic carbocycles. The molecule has 1 rings (SSSR count). The van der Waals surface area contributed by atoms with Gasteiger partial charge < -0.3 is 18.8 Å². The van der Waals surface area contributed by atoms with E-state index in [1.165, 1.54) is 7.11 Å². The summed E-state index contributed by atoms with van der Waals surface area (Å²) in [5.41, 5.74) is 1.65. The topological polar surface area (TPSA) is 85.9 Å². The maximum Gasteiger partial charge on any atom is 0.366 e. The second-order valence-corrected chi connectivity index (χ2v) is 15.7. The molecule has 0 aromatic heterocycles. The van der Waals surface area contributed by atoms with Gasteiger partial charge in [0.05, 0.1) is 12.7 Å². The quantitative estimate of drug-likeness (QED) is 0.287. The van der Waals surface area contributed by atoms with Crippen LogP contribution in [0.1, 0.15) is 47.1 Å². The van der Waals surface area contributed by atoms with Crippen molar-refractivity contribution in [2.24, 2.45) is 0 Å². The van der Waals surface area contributed by atoms with Crippen molar-refractivity contribution in [1.29, 1.82) is 0 Å². The van der Waals surface area contributed by atoms with Crippen molar-refractivity contribution in [2.45, 2.75) is 78.4 Å². The maximum absolute atomic E-state index is 12.9. The molecule has 166 valence electrons. The summed E-state index contributed by atoms with van der Waals surface area (Å²) >= 11 is 0. The molecular formula is C20H37N2O5PSi. The molecule has 0 bridgehead atoms. The van der Waals surface area contributed by atoms with Crippen LogP contribution in [0.5, 0.6) is 0 Å². The Morgan fingerprint density at radius 2 is 1.69 bits per heavy atom. The molecule has 0 saturated heterocycles. The van der Waals surface area contributed by atoms with Crippen LogP contribution in [0, 0.1) is 0 Å². The van der Waals surface area contributed by atoms with Gasteiger partial charge in [0, 0.05) is 12.8 Å². The van der Waals surface area contributed by atoms with Crippen LogP contribution < -0.4 is 10.2 Å². The minimum atomic E-state index is -3.48. The van der Waals surface area contributed by atoms with Gasteiger partial charge in [0.25, 0.3) is 0 Å². The molecule has 7 nitrogen and oxygen atoms in total. The molecule has 1 aromatic carbocycles. The molecule has 1 unspecified atom stereocenters. The average molecular weight is 445 g/mol. The van der Waals surface area contributed by atoms with Gasteiger partial charge in [-0.2, -0.15) is 0 Å². The van der Waals surface area contributed by atoms with E-state index in [1.54, 1.807) is 20.8 Å².